The molecule has 6 heteroatoms. The molecule has 0 aliphatic carbocycles. The molecule has 1 heterocycles. The molecule has 0 saturated carbocycles. The maximum absolute atomic E-state index is 11.9. The summed E-state index contributed by atoms with van der Waals surface area (Å²) in [5.41, 5.74) is 0.888. The highest BCUT2D eigenvalue weighted by molar-refractivity contribution is 5.49. The van der Waals surface area contributed by atoms with E-state index in [0.717, 1.165) is 25.4 Å². The van der Waals surface area contributed by atoms with Gasteiger partial charge in [0.15, 0.2) is 0 Å². The Morgan fingerprint density at radius 1 is 1.19 bits per heavy atom. The molecule has 0 bridgehead atoms. The molecular weight excluding hydrogens is 221 g/mol. The van der Waals surface area contributed by atoms with Gasteiger partial charge in [0, 0.05) is 18.8 Å². The van der Waals surface area contributed by atoms with Gasteiger partial charge in [-0.05, 0) is 24.3 Å². The molecule has 1 N–H and O–H groups in total. The monoisotopic (exact) mass is 232 g/mol. The number of nitrogens with zero attached hydrogens (tertiary/aromatic N) is 1. The number of alkyl halides is 3. The standard InChI is InChI=1S/C10H11F3N2O/c11-10(12,13)16-9-3-1-8(2-4-9)15-6-5-14-7-15/h1-4,14H,5-7H2. The Kier molecular flexibility index (Phi) is 2.91. The van der Waals surface area contributed by atoms with Crippen LogP contribution in [0.25, 0.3) is 0 Å². The lowest BCUT2D eigenvalue weighted by Crippen LogP contribution is -2.21. The van der Waals surface area contributed by atoms with Crippen molar-refractivity contribution in [2.75, 3.05) is 24.7 Å². The minimum absolute atomic E-state index is 0.191. The molecule has 0 amide bonds. The molecule has 1 aliphatic heterocycles. The summed E-state index contributed by atoms with van der Waals surface area (Å²) in [5.74, 6) is -0.191. The van der Waals surface area contributed by atoms with Crippen LogP contribution in [0.4, 0.5) is 18.9 Å². The summed E-state index contributed by atoms with van der Waals surface area (Å²) in [6.45, 7) is 2.47. The highest BCUT2D eigenvalue weighted by atomic mass is 19.4. The molecule has 1 aromatic rings. The van der Waals surface area contributed by atoms with E-state index in [0.29, 0.717) is 0 Å². The second kappa shape index (κ2) is 4.21. The zero-order chi connectivity index (χ0) is 11.6. The summed E-state index contributed by atoms with van der Waals surface area (Å²) in [6, 6.07) is 5.88. The largest absolute Gasteiger partial charge is 0.573 e. The molecule has 88 valence electrons. The van der Waals surface area contributed by atoms with E-state index in [1.165, 1.54) is 12.1 Å². The van der Waals surface area contributed by atoms with Crippen molar-refractivity contribution in [2.45, 2.75) is 6.36 Å². The average molecular weight is 232 g/mol. The topological polar surface area (TPSA) is 24.5 Å². The Hall–Kier alpha value is -1.43. The number of rotatable bonds is 2. The van der Waals surface area contributed by atoms with Crippen LogP contribution in [0.3, 0.4) is 0 Å². The molecule has 0 atom stereocenters. The number of anilines is 1. The lowest BCUT2D eigenvalue weighted by atomic mass is 10.3. The smallest absolute Gasteiger partial charge is 0.406 e. The van der Waals surface area contributed by atoms with Gasteiger partial charge in [-0.25, -0.2) is 0 Å². The second-order valence-corrected chi connectivity index (χ2v) is 3.46. The predicted molar refractivity (Wildman–Crippen MR) is 53.3 cm³/mol. The molecule has 3 nitrogen and oxygen atoms in total. The maximum Gasteiger partial charge on any atom is 0.573 e. The van der Waals surface area contributed by atoms with Crippen molar-refractivity contribution in [2.24, 2.45) is 0 Å². The second-order valence-electron chi connectivity index (χ2n) is 3.46. The Labute approximate surface area is 90.8 Å². The van der Waals surface area contributed by atoms with E-state index in [9.17, 15) is 13.2 Å². The molecule has 0 radical (unpaired) electrons. The van der Waals surface area contributed by atoms with Crippen LogP contribution in [0.2, 0.25) is 0 Å². The average Bonchev–Trinajstić information content (AvgIpc) is 2.69. The van der Waals surface area contributed by atoms with Crippen LogP contribution in [-0.2, 0) is 0 Å². The van der Waals surface area contributed by atoms with Gasteiger partial charge in [0.2, 0.25) is 0 Å². The van der Waals surface area contributed by atoms with Crippen LogP contribution >= 0.6 is 0 Å². The van der Waals surface area contributed by atoms with Crippen LogP contribution in [-0.4, -0.2) is 26.1 Å². The molecule has 1 fully saturated rings. The summed E-state index contributed by atoms with van der Waals surface area (Å²) in [7, 11) is 0. The zero-order valence-electron chi connectivity index (χ0n) is 8.42. The SMILES string of the molecule is FC(F)(F)Oc1ccc(N2CCNC2)cc1. The molecular formula is C10H11F3N2O. The first kappa shape index (κ1) is 11.1. The van der Waals surface area contributed by atoms with Crippen molar-refractivity contribution in [3.8, 4) is 5.75 Å². The molecule has 1 aromatic carbocycles. The van der Waals surface area contributed by atoms with Crippen molar-refractivity contribution < 1.29 is 17.9 Å². The summed E-state index contributed by atoms with van der Waals surface area (Å²) in [5, 5.41) is 3.14. The fourth-order valence-electron chi connectivity index (χ4n) is 1.59. The van der Waals surface area contributed by atoms with Crippen molar-refractivity contribution in [1.29, 1.82) is 0 Å². The van der Waals surface area contributed by atoms with Gasteiger partial charge in [-0.2, -0.15) is 0 Å². The van der Waals surface area contributed by atoms with Crippen LogP contribution in [0.15, 0.2) is 24.3 Å². The normalized spacial score (nSPS) is 16.6. The van der Waals surface area contributed by atoms with E-state index >= 15 is 0 Å². The first-order chi connectivity index (χ1) is 7.54. The zero-order valence-corrected chi connectivity index (χ0v) is 8.42. The van der Waals surface area contributed by atoms with Crippen LogP contribution < -0.4 is 15.0 Å². The minimum Gasteiger partial charge on any atom is -0.406 e. The number of ether oxygens (including phenoxy) is 1. The van der Waals surface area contributed by atoms with E-state index in [1.54, 1.807) is 12.1 Å². The molecule has 16 heavy (non-hydrogen) atoms. The first-order valence-corrected chi connectivity index (χ1v) is 4.86. The Morgan fingerprint density at radius 3 is 2.38 bits per heavy atom. The van der Waals surface area contributed by atoms with Gasteiger partial charge in [-0.15, -0.1) is 13.2 Å². The van der Waals surface area contributed by atoms with E-state index in [-0.39, 0.29) is 5.75 Å². The number of benzene rings is 1. The quantitative estimate of drug-likeness (QED) is 0.843. The van der Waals surface area contributed by atoms with Gasteiger partial charge in [-0.1, -0.05) is 0 Å². The van der Waals surface area contributed by atoms with Crippen LogP contribution in [0, 0.1) is 0 Å². The highest BCUT2D eigenvalue weighted by Crippen LogP contribution is 2.25. The summed E-state index contributed by atoms with van der Waals surface area (Å²) < 4.78 is 39.5. The van der Waals surface area contributed by atoms with E-state index in [1.807, 2.05) is 4.90 Å². The molecule has 2 rings (SSSR count). The van der Waals surface area contributed by atoms with E-state index in [2.05, 4.69) is 10.1 Å². The lowest BCUT2D eigenvalue weighted by molar-refractivity contribution is -0.274. The first-order valence-electron chi connectivity index (χ1n) is 4.86. The van der Waals surface area contributed by atoms with Crippen LogP contribution in [0.5, 0.6) is 5.75 Å². The fraction of sp³-hybridized carbons (Fsp3) is 0.400. The lowest BCUT2D eigenvalue weighted by Gasteiger charge is -2.17. The van der Waals surface area contributed by atoms with Crippen molar-refractivity contribution in [3.63, 3.8) is 0 Å². The molecule has 0 aromatic heterocycles. The predicted octanol–water partition coefficient (Wildman–Crippen LogP) is 1.95. The molecule has 1 aliphatic rings. The summed E-state index contributed by atoms with van der Waals surface area (Å²) in [4.78, 5) is 2.04. The van der Waals surface area contributed by atoms with Gasteiger partial charge >= 0.3 is 6.36 Å². The minimum atomic E-state index is -4.63. The number of nitrogens with one attached hydrogen (secondary N) is 1. The Balaban J connectivity index is 2.04. The number of hydrogen-bond donors (Lipinski definition) is 1. The summed E-state index contributed by atoms with van der Waals surface area (Å²) in [6.07, 6.45) is -4.63. The van der Waals surface area contributed by atoms with E-state index < -0.39 is 6.36 Å². The summed E-state index contributed by atoms with van der Waals surface area (Å²) >= 11 is 0. The Bertz CT molecular complexity index is 344. The van der Waals surface area contributed by atoms with Gasteiger partial charge in [0.05, 0.1) is 6.67 Å². The van der Waals surface area contributed by atoms with Gasteiger partial charge in [-0.3, -0.25) is 5.32 Å². The van der Waals surface area contributed by atoms with E-state index in [4.69, 9.17) is 0 Å². The third-order valence-corrected chi connectivity index (χ3v) is 2.30. The van der Waals surface area contributed by atoms with Crippen molar-refractivity contribution >= 4 is 5.69 Å². The number of hydrogen-bond acceptors (Lipinski definition) is 3. The van der Waals surface area contributed by atoms with Gasteiger partial charge < -0.3 is 9.64 Å². The third-order valence-electron chi connectivity index (χ3n) is 2.30. The van der Waals surface area contributed by atoms with Crippen molar-refractivity contribution in [1.82, 2.24) is 5.32 Å². The van der Waals surface area contributed by atoms with Gasteiger partial charge in [0.1, 0.15) is 5.75 Å². The van der Waals surface area contributed by atoms with Crippen molar-refractivity contribution in [3.05, 3.63) is 24.3 Å². The molecule has 0 spiro atoms. The van der Waals surface area contributed by atoms with Gasteiger partial charge in [0.25, 0.3) is 0 Å². The molecule has 0 unspecified atom stereocenters. The highest BCUT2D eigenvalue weighted by Gasteiger charge is 2.31. The fourth-order valence-corrected chi connectivity index (χ4v) is 1.59. The third kappa shape index (κ3) is 2.79. The maximum atomic E-state index is 11.9. The molecule has 1 saturated heterocycles. The van der Waals surface area contributed by atoms with Crippen LogP contribution in [0.1, 0.15) is 0 Å². The number of halogens is 3. The Morgan fingerprint density at radius 2 is 1.88 bits per heavy atom.